The summed E-state index contributed by atoms with van der Waals surface area (Å²) in [6, 6.07) is 14.8. The van der Waals surface area contributed by atoms with Crippen molar-refractivity contribution >= 4 is 29.7 Å². The van der Waals surface area contributed by atoms with Crippen molar-refractivity contribution < 1.29 is 19.2 Å². The summed E-state index contributed by atoms with van der Waals surface area (Å²) < 4.78 is 0. The molecule has 8 nitrogen and oxygen atoms in total. The van der Waals surface area contributed by atoms with E-state index in [1.165, 1.54) is 0 Å². The molecule has 1 heterocycles. The second kappa shape index (κ2) is 10.1. The van der Waals surface area contributed by atoms with E-state index in [2.05, 4.69) is 12.2 Å². The molecule has 2 atom stereocenters. The molecule has 5 rings (SSSR count). The van der Waals surface area contributed by atoms with E-state index in [-0.39, 0.29) is 24.4 Å². The molecule has 2 fully saturated rings. The van der Waals surface area contributed by atoms with Gasteiger partial charge in [0.05, 0.1) is 0 Å². The van der Waals surface area contributed by atoms with Crippen LogP contribution < -0.4 is 5.32 Å². The lowest BCUT2D eigenvalue weighted by molar-refractivity contribution is -0.141. The number of nitrogens with zero attached hydrogens (tertiary/aromatic N) is 3. The van der Waals surface area contributed by atoms with Gasteiger partial charge >= 0.3 is 6.03 Å². The van der Waals surface area contributed by atoms with E-state index in [4.69, 9.17) is 0 Å². The Hall–Kier alpha value is -3.94. The molecule has 1 N–H and O–H groups in total. The Morgan fingerprint density at radius 3 is 2.55 bits per heavy atom. The number of rotatable bonds is 9. The van der Waals surface area contributed by atoms with Gasteiger partial charge in [-0.05, 0) is 60.8 Å². The van der Waals surface area contributed by atoms with Crippen LogP contribution in [0.5, 0.6) is 0 Å². The van der Waals surface area contributed by atoms with Gasteiger partial charge in [0.15, 0.2) is 6.29 Å². The lowest BCUT2D eigenvalue weighted by atomic mass is 9.90. The summed E-state index contributed by atoms with van der Waals surface area (Å²) >= 11 is 0. The number of carbonyl (C=O) groups is 4. The first-order valence-corrected chi connectivity index (χ1v) is 13.2. The molecule has 4 amide bonds. The Balaban J connectivity index is 1.37. The van der Waals surface area contributed by atoms with Crippen LogP contribution in [-0.2, 0) is 32.9 Å². The van der Waals surface area contributed by atoms with E-state index < -0.39 is 11.6 Å². The van der Waals surface area contributed by atoms with Crippen molar-refractivity contribution in [2.75, 3.05) is 20.6 Å². The fourth-order valence-corrected chi connectivity index (χ4v) is 5.72. The highest BCUT2D eigenvalue weighted by Gasteiger charge is 2.56. The summed E-state index contributed by atoms with van der Waals surface area (Å²) in [4.78, 5) is 56.8. The van der Waals surface area contributed by atoms with Crippen molar-refractivity contribution in [3.8, 4) is 0 Å². The van der Waals surface area contributed by atoms with Crippen LogP contribution in [0.1, 0.15) is 48.4 Å². The predicted octanol–water partition coefficient (Wildman–Crippen LogP) is 3.31. The Kier molecular flexibility index (Phi) is 6.82. The number of hydrogen-bond acceptors (Lipinski definition) is 5. The van der Waals surface area contributed by atoms with Gasteiger partial charge in [-0.1, -0.05) is 48.5 Å². The topological polar surface area (TPSA) is 90.0 Å². The molecule has 0 radical (unpaired) electrons. The number of carbonyl (C=O) groups excluding carboxylic acids is 4. The van der Waals surface area contributed by atoms with Crippen LogP contribution in [0.25, 0.3) is 5.57 Å². The van der Waals surface area contributed by atoms with Crippen molar-refractivity contribution in [1.29, 1.82) is 0 Å². The number of hydrogen-bond donors (Lipinski definition) is 1. The van der Waals surface area contributed by atoms with Gasteiger partial charge in [-0.2, -0.15) is 0 Å². The highest BCUT2D eigenvalue weighted by Crippen LogP contribution is 2.42. The standard InChI is InChI=1S/C30H34N4O4/c1-20(22-9-10-22)33(16-21-7-5-4-6-8-21)27(36)18-34-28(37)30(31-29(34)38)14-13-24-15-23(11-12-26(24)30)25(19-35)17-32(2)3/h4-8,11-12,15,17,19-20,22H,9-10,13-14,16,18H2,1-3H3,(H,31,38)/b25-17-. The second-order valence-electron chi connectivity index (χ2n) is 10.8. The van der Waals surface area contributed by atoms with Gasteiger partial charge < -0.3 is 15.1 Å². The first-order valence-electron chi connectivity index (χ1n) is 13.2. The summed E-state index contributed by atoms with van der Waals surface area (Å²) in [7, 11) is 3.70. The van der Waals surface area contributed by atoms with Gasteiger partial charge in [0, 0.05) is 38.5 Å². The first-order chi connectivity index (χ1) is 18.2. The highest BCUT2D eigenvalue weighted by molar-refractivity contribution is 6.10. The van der Waals surface area contributed by atoms with Crippen molar-refractivity contribution in [3.05, 3.63) is 77.0 Å². The molecule has 2 aromatic rings. The van der Waals surface area contributed by atoms with Crippen molar-refractivity contribution in [2.45, 2.75) is 50.7 Å². The zero-order chi connectivity index (χ0) is 27.0. The Morgan fingerprint density at radius 1 is 1.16 bits per heavy atom. The van der Waals surface area contributed by atoms with Crippen LogP contribution in [0.4, 0.5) is 4.79 Å². The molecule has 1 saturated heterocycles. The highest BCUT2D eigenvalue weighted by atomic mass is 16.2. The van der Waals surface area contributed by atoms with Crippen LogP contribution in [0.2, 0.25) is 0 Å². The summed E-state index contributed by atoms with van der Waals surface area (Å²) in [6.45, 7) is 2.21. The normalized spacial score (nSPS) is 21.3. The molecule has 2 aliphatic carbocycles. The molecule has 1 spiro atoms. The number of urea groups is 1. The van der Waals surface area contributed by atoms with E-state index in [9.17, 15) is 19.2 Å². The number of benzene rings is 2. The molecule has 0 aromatic heterocycles. The minimum Gasteiger partial charge on any atom is -0.383 e. The number of fused-ring (bicyclic) bond motifs is 2. The molecule has 1 aliphatic heterocycles. The van der Waals surface area contributed by atoms with Gasteiger partial charge in [0.1, 0.15) is 12.1 Å². The lowest BCUT2D eigenvalue weighted by Gasteiger charge is -2.31. The quantitative estimate of drug-likeness (QED) is 0.315. The number of nitrogens with one attached hydrogen (secondary N) is 1. The maximum Gasteiger partial charge on any atom is 0.325 e. The number of aryl methyl sites for hydroxylation is 1. The van der Waals surface area contributed by atoms with Crippen molar-refractivity contribution in [1.82, 2.24) is 20.0 Å². The van der Waals surface area contributed by atoms with E-state index in [1.807, 2.05) is 67.5 Å². The maximum absolute atomic E-state index is 13.8. The number of imide groups is 1. The van der Waals surface area contributed by atoms with Gasteiger partial charge in [0.25, 0.3) is 5.91 Å². The van der Waals surface area contributed by atoms with E-state index in [0.29, 0.717) is 30.9 Å². The molecular weight excluding hydrogens is 480 g/mol. The third-order valence-corrected chi connectivity index (χ3v) is 7.97. The molecule has 1 saturated carbocycles. The number of allylic oxidation sites excluding steroid dienone is 1. The third-order valence-electron chi connectivity index (χ3n) is 7.97. The Bertz CT molecular complexity index is 1300. The summed E-state index contributed by atoms with van der Waals surface area (Å²) in [5.41, 5.74) is 2.79. The monoisotopic (exact) mass is 514 g/mol. The zero-order valence-electron chi connectivity index (χ0n) is 22.1. The van der Waals surface area contributed by atoms with E-state index in [0.717, 1.165) is 46.3 Å². The molecule has 8 heteroatoms. The Morgan fingerprint density at radius 2 is 1.89 bits per heavy atom. The molecule has 2 aromatic carbocycles. The smallest absolute Gasteiger partial charge is 0.325 e. The molecule has 3 aliphatic rings. The molecule has 198 valence electrons. The van der Waals surface area contributed by atoms with Crippen LogP contribution in [-0.4, -0.2) is 65.5 Å². The van der Waals surface area contributed by atoms with Crippen LogP contribution in [0, 0.1) is 5.92 Å². The second-order valence-corrected chi connectivity index (χ2v) is 10.8. The number of amides is 4. The minimum atomic E-state index is -1.18. The minimum absolute atomic E-state index is 0.0327. The van der Waals surface area contributed by atoms with Crippen molar-refractivity contribution in [2.24, 2.45) is 5.92 Å². The zero-order valence-corrected chi connectivity index (χ0v) is 22.1. The third kappa shape index (κ3) is 4.71. The summed E-state index contributed by atoms with van der Waals surface area (Å²) in [5.74, 6) is -0.168. The van der Waals surface area contributed by atoms with Gasteiger partial charge in [0.2, 0.25) is 5.91 Å². The molecular formula is C30H34N4O4. The van der Waals surface area contributed by atoms with E-state index in [1.54, 1.807) is 11.1 Å². The summed E-state index contributed by atoms with van der Waals surface area (Å²) in [5, 5.41) is 2.91. The number of aldehydes is 1. The van der Waals surface area contributed by atoms with E-state index >= 15 is 0 Å². The SMILES string of the molecule is CC(C1CC1)N(Cc1ccccc1)C(=O)CN1C(=O)NC2(CCc3cc(/C(C=O)=C\N(C)C)ccc32)C1=O. The first kappa shape index (κ1) is 25.7. The molecule has 0 bridgehead atoms. The predicted molar refractivity (Wildman–Crippen MR) is 144 cm³/mol. The molecule has 2 unspecified atom stereocenters. The van der Waals surface area contributed by atoms with Crippen LogP contribution in [0.15, 0.2) is 54.7 Å². The summed E-state index contributed by atoms with van der Waals surface area (Å²) in [6.07, 6.45) is 5.73. The van der Waals surface area contributed by atoms with Gasteiger partial charge in [-0.25, -0.2) is 4.79 Å². The average molecular weight is 515 g/mol. The Labute approximate surface area is 223 Å². The van der Waals surface area contributed by atoms with Gasteiger partial charge in [-0.15, -0.1) is 0 Å². The fraction of sp³-hybridized carbons (Fsp3) is 0.400. The lowest BCUT2D eigenvalue weighted by Crippen LogP contribution is -2.47. The fourth-order valence-electron chi connectivity index (χ4n) is 5.72. The maximum atomic E-state index is 13.8. The largest absolute Gasteiger partial charge is 0.383 e. The average Bonchev–Trinajstić information content (AvgIpc) is 3.66. The van der Waals surface area contributed by atoms with Crippen LogP contribution in [0.3, 0.4) is 0 Å². The van der Waals surface area contributed by atoms with Crippen LogP contribution >= 0.6 is 0 Å². The van der Waals surface area contributed by atoms with Crippen molar-refractivity contribution in [3.63, 3.8) is 0 Å². The van der Waals surface area contributed by atoms with Gasteiger partial charge in [-0.3, -0.25) is 19.3 Å². The molecule has 38 heavy (non-hydrogen) atoms.